The number of alkyl halides is 1. The summed E-state index contributed by atoms with van der Waals surface area (Å²) in [5.41, 5.74) is 2.74. The highest BCUT2D eigenvalue weighted by atomic mass is 35.5. The Balaban J connectivity index is 2.60. The number of hydrogen-bond donors (Lipinski definition) is 0. The van der Waals surface area contributed by atoms with Crippen molar-refractivity contribution in [3.63, 3.8) is 0 Å². The Hall–Kier alpha value is -1.20. The number of nitriles is 1. The molecule has 0 aromatic heterocycles. The van der Waals surface area contributed by atoms with Crippen LogP contribution in [-0.2, 0) is 0 Å². The third kappa shape index (κ3) is 4.23. The van der Waals surface area contributed by atoms with Crippen molar-refractivity contribution in [2.75, 3.05) is 12.5 Å². The van der Waals surface area contributed by atoms with Gasteiger partial charge in [-0.2, -0.15) is 5.26 Å². The minimum atomic E-state index is 0.585. The third-order valence-electron chi connectivity index (χ3n) is 3.05. The van der Waals surface area contributed by atoms with Crippen molar-refractivity contribution < 1.29 is 4.74 Å². The molecule has 1 rings (SSSR count). The fraction of sp³-hybridized carbons (Fsp3) is 0.533. The molecule has 1 unspecified atom stereocenters. The second-order valence-electron chi connectivity index (χ2n) is 4.77. The average Bonchev–Trinajstić information content (AvgIpc) is 2.32. The number of aryl methyl sites for hydroxylation is 2. The first-order valence-electron chi connectivity index (χ1n) is 6.28. The van der Waals surface area contributed by atoms with E-state index in [1.807, 2.05) is 26.0 Å². The molecule has 0 spiro atoms. The Labute approximate surface area is 115 Å². The van der Waals surface area contributed by atoms with E-state index in [2.05, 4.69) is 13.0 Å². The van der Waals surface area contributed by atoms with Crippen molar-refractivity contribution in [2.24, 2.45) is 5.92 Å². The first-order valence-corrected chi connectivity index (χ1v) is 6.82. The largest absolute Gasteiger partial charge is 0.493 e. The van der Waals surface area contributed by atoms with Gasteiger partial charge in [0.05, 0.1) is 18.2 Å². The van der Waals surface area contributed by atoms with Crippen molar-refractivity contribution in [1.29, 1.82) is 5.26 Å². The van der Waals surface area contributed by atoms with Gasteiger partial charge in [-0.1, -0.05) is 6.92 Å². The predicted octanol–water partition coefficient (Wildman–Crippen LogP) is 4.21. The van der Waals surface area contributed by atoms with Gasteiger partial charge in [0.1, 0.15) is 5.75 Å². The van der Waals surface area contributed by atoms with E-state index < -0.39 is 0 Å². The molecule has 0 aliphatic rings. The van der Waals surface area contributed by atoms with E-state index in [-0.39, 0.29) is 0 Å². The molecule has 0 saturated carbocycles. The first kappa shape index (κ1) is 14.9. The number of benzene rings is 1. The van der Waals surface area contributed by atoms with Gasteiger partial charge < -0.3 is 4.74 Å². The zero-order valence-electron chi connectivity index (χ0n) is 11.3. The maximum Gasteiger partial charge on any atom is 0.125 e. The summed E-state index contributed by atoms with van der Waals surface area (Å²) in [5.74, 6) is 2.20. The monoisotopic (exact) mass is 265 g/mol. The number of halogens is 1. The van der Waals surface area contributed by atoms with Crippen LogP contribution in [0.15, 0.2) is 12.1 Å². The van der Waals surface area contributed by atoms with Gasteiger partial charge >= 0.3 is 0 Å². The van der Waals surface area contributed by atoms with Crippen molar-refractivity contribution in [2.45, 2.75) is 33.6 Å². The fourth-order valence-corrected chi connectivity index (χ4v) is 2.31. The van der Waals surface area contributed by atoms with Gasteiger partial charge in [0.2, 0.25) is 0 Å². The van der Waals surface area contributed by atoms with Crippen LogP contribution in [0.25, 0.3) is 0 Å². The summed E-state index contributed by atoms with van der Waals surface area (Å²) in [7, 11) is 0. The third-order valence-corrected chi connectivity index (χ3v) is 3.27. The van der Waals surface area contributed by atoms with E-state index in [1.165, 1.54) is 0 Å². The van der Waals surface area contributed by atoms with Crippen LogP contribution in [0, 0.1) is 31.1 Å². The summed E-state index contributed by atoms with van der Waals surface area (Å²) in [6, 6.07) is 5.89. The van der Waals surface area contributed by atoms with Crippen LogP contribution in [0.3, 0.4) is 0 Å². The Bertz CT molecular complexity index is 414. The smallest absolute Gasteiger partial charge is 0.125 e. The standard InChI is InChI=1S/C15H20ClNO/c1-11(4-6-16)5-7-18-15-12(2)8-14(10-17)9-13(15)3/h8-9,11H,4-7H2,1-3H3. The number of ether oxygens (including phenoxy) is 1. The van der Waals surface area contributed by atoms with Gasteiger partial charge in [0.15, 0.2) is 0 Å². The van der Waals surface area contributed by atoms with Crippen LogP contribution in [0.4, 0.5) is 0 Å². The Morgan fingerprint density at radius 1 is 1.28 bits per heavy atom. The molecule has 0 radical (unpaired) electrons. The zero-order chi connectivity index (χ0) is 13.5. The highest BCUT2D eigenvalue weighted by Crippen LogP contribution is 2.25. The van der Waals surface area contributed by atoms with Crippen LogP contribution in [0.1, 0.15) is 36.5 Å². The predicted molar refractivity (Wildman–Crippen MR) is 75.2 cm³/mol. The lowest BCUT2D eigenvalue weighted by Gasteiger charge is -2.14. The Morgan fingerprint density at radius 3 is 2.39 bits per heavy atom. The summed E-state index contributed by atoms with van der Waals surface area (Å²) in [6.45, 7) is 6.84. The molecule has 0 N–H and O–H groups in total. The Morgan fingerprint density at radius 2 is 1.89 bits per heavy atom. The normalized spacial score (nSPS) is 11.9. The maximum absolute atomic E-state index is 8.88. The van der Waals surface area contributed by atoms with Crippen LogP contribution in [0.5, 0.6) is 5.75 Å². The van der Waals surface area contributed by atoms with Crippen molar-refractivity contribution in [3.05, 3.63) is 28.8 Å². The first-order chi connectivity index (χ1) is 8.58. The van der Waals surface area contributed by atoms with Crippen LogP contribution >= 0.6 is 11.6 Å². The quantitative estimate of drug-likeness (QED) is 0.722. The van der Waals surface area contributed by atoms with Crippen LogP contribution < -0.4 is 4.74 Å². The lowest BCUT2D eigenvalue weighted by Crippen LogP contribution is -2.06. The topological polar surface area (TPSA) is 33.0 Å². The van der Waals surface area contributed by atoms with Gasteiger partial charge in [-0.25, -0.2) is 0 Å². The van der Waals surface area contributed by atoms with Crippen LogP contribution in [-0.4, -0.2) is 12.5 Å². The molecule has 1 atom stereocenters. The molecule has 0 saturated heterocycles. The molecule has 0 fully saturated rings. The highest BCUT2D eigenvalue weighted by molar-refractivity contribution is 6.17. The van der Waals surface area contributed by atoms with E-state index in [9.17, 15) is 0 Å². The van der Waals surface area contributed by atoms with E-state index in [4.69, 9.17) is 21.6 Å². The van der Waals surface area contributed by atoms with Crippen molar-refractivity contribution in [1.82, 2.24) is 0 Å². The molecular formula is C15H20ClNO. The summed E-state index contributed by atoms with van der Waals surface area (Å²) in [4.78, 5) is 0. The molecule has 3 heteroatoms. The lowest BCUT2D eigenvalue weighted by atomic mass is 10.1. The van der Waals surface area contributed by atoms with Crippen molar-refractivity contribution in [3.8, 4) is 11.8 Å². The van der Waals surface area contributed by atoms with E-state index in [1.54, 1.807) is 0 Å². The molecule has 18 heavy (non-hydrogen) atoms. The van der Waals surface area contributed by atoms with Gasteiger partial charge in [-0.3, -0.25) is 0 Å². The minimum absolute atomic E-state index is 0.585. The van der Waals surface area contributed by atoms with Gasteiger partial charge in [0, 0.05) is 5.88 Å². The molecule has 0 aliphatic heterocycles. The van der Waals surface area contributed by atoms with Crippen molar-refractivity contribution >= 4 is 11.6 Å². The number of nitrogens with zero attached hydrogens (tertiary/aromatic N) is 1. The van der Waals surface area contributed by atoms with E-state index in [0.29, 0.717) is 24.0 Å². The molecule has 0 bridgehead atoms. The van der Waals surface area contributed by atoms with E-state index in [0.717, 1.165) is 29.7 Å². The zero-order valence-corrected chi connectivity index (χ0v) is 12.0. The molecule has 1 aromatic carbocycles. The van der Waals surface area contributed by atoms with Gasteiger partial charge in [-0.05, 0) is 55.9 Å². The second-order valence-corrected chi connectivity index (χ2v) is 5.15. The number of hydrogen-bond acceptors (Lipinski definition) is 2. The molecule has 98 valence electrons. The molecule has 1 aromatic rings. The average molecular weight is 266 g/mol. The van der Waals surface area contributed by atoms with Crippen LogP contribution in [0.2, 0.25) is 0 Å². The Kier molecular flexibility index (Phi) is 6.01. The minimum Gasteiger partial charge on any atom is -0.493 e. The summed E-state index contributed by atoms with van der Waals surface area (Å²) in [6.07, 6.45) is 2.03. The lowest BCUT2D eigenvalue weighted by molar-refractivity contribution is 0.279. The van der Waals surface area contributed by atoms with Gasteiger partial charge in [0.25, 0.3) is 0 Å². The highest BCUT2D eigenvalue weighted by Gasteiger charge is 2.07. The molecule has 0 aliphatic carbocycles. The fourth-order valence-electron chi connectivity index (χ4n) is 1.94. The maximum atomic E-state index is 8.88. The van der Waals surface area contributed by atoms with Gasteiger partial charge in [-0.15, -0.1) is 11.6 Å². The SMILES string of the molecule is Cc1cc(C#N)cc(C)c1OCCC(C)CCCl. The molecule has 0 amide bonds. The number of rotatable bonds is 6. The molecule has 2 nitrogen and oxygen atoms in total. The second kappa shape index (κ2) is 7.28. The molecular weight excluding hydrogens is 246 g/mol. The van der Waals surface area contributed by atoms with E-state index >= 15 is 0 Å². The summed E-state index contributed by atoms with van der Waals surface area (Å²) < 4.78 is 5.83. The summed E-state index contributed by atoms with van der Waals surface area (Å²) >= 11 is 5.70. The molecule has 0 heterocycles. The summed E-state index contributed by atoms with van der Waals surface area (Å²) in [5, 5.41) is 8.88.